The fraction of sp³-hybridized carbons (Fsp3) is 0.440. The predicted octanol–water partition coefficient (Wildman–Crippen LogP) is -3.12. The number of hydrogen-bond donors (Lipinski definition) is 5. The molecule has 12 nitrogen and oxygen atoms in total. The van der Waals surface area contributed by atoms with Crippen molar-refractivity contribution in [1.29, 1.82) is 0 Å². The Hall–Kier alpha value is -2.23. The van der Waals surface area contributed by atoms with Gasteiger partial charge in [-0.1, -0.05) is 12.1 Å². The van der Waals surface area contributed by atoms with Crippen LogP contribution in [0.4, 0.5) is 4.39 Å². The predicted molar refractivity (Wildman–Crippen MR) is 128 cm³/mol. The number of carboxylic acid groups (broad SMARTS) is 2. The molecule has 2 aliphatic heterocycles. The Morgan fingerprint density at radius 3 is 2.15 bits per heavy atom. The molecule has 2 aliphatic rings. The topological polar surface area (TPSA) is 201 Å². The van der Waals surface area contributed by atoms with Gasteiger partial charge in [0, 0.05) is 18.5 Å². The first-order valence-corrected chi connectivity index (χ1v) is 11.7. The van der Waals surface area contributed by atoms with Crippen LogP contribution in [0.25, 0.3) is 0 Å². The molecule has 0 aromatic heterocycles. The zero-order valence-corrected chi connectivity index (χ0v) is 23.0. The minimum absolute atomic E-state index is 0. The molecule has 0 spiro atoms. The number of ether oxygens (including phenoxy) is 3. The van der Waals surface area contributed by atoms with E-state index in [2.05, 4.69) is 5.32 Å². The average Bonchev–Trinajstić information content (AvgIpc) is 3.39. The van der Waals surface area contributed by atoms with Crippen LogP contribution in [0.5, 0.6) is 17.2 Å². The molecule has 5 N–H and O–H groups in total. The summed E-state index contributed by atoms with van der Waals surface area (Å²) < 4.78 is 29.9. The number of fused-ring (bicyclic) bond motifs is 1. The van der Waals surface area contributed by atoms with Gasteiger partial charge in [-0.3, -0.25) is 0 Å². The van der Waals surface area contributed by atoms with Crippen LogP contribution in [0.15, 0.2) is 42.5 Å². The third-order valence-corrected chi connectivity index (χ3v) is 6.19. The number of halogens is 1. The fourth-order valence-corrected chi connectivity index (χ4v) is 4.07. The zero-order valence-electron chi connectivity index (χ0n) is 20.8. The molecule has 1 saturated heterocycles. The summed E-state index contributed by atoms with van der Waals surface area (Å²) in [7, 11) is 0. The van der Waals surface area contributed by atoms with E-state index in [-0.39, 0.29) is 50.3 Å². The second-order valence-electron chi connectivity index (χ2n) is 8.75. The third kappa shape index (κ3) is 9.15. The molecular formula is C25H28CaFNO11. The minimum atomic E-state index is -2.50. The SMILES string of the molecule is Fc1ccc([C@@H]2CCNC[C@H]2COc2ccc3c(c2)OCO3)cc1.O=C([O-])[C@@H](O)[C@@H](O)[C@H](O)[C@@H](O)C(=O)[O-].[Ca+2]. The van der Waals surface area contributed by atoms with E-state index in [4.69, 9.17) is 34.6 Å². The summed E-state index contributed by atoms with van der Waals surface area (Å²) in [6, 6.07) is 12.5. The van der Waals surface area contributed by atoms with Gasteiger partial charge in [0.2, 0.25) is 6.79 Å². The number of carbonyl (C=O) groups is 2. The molecule has 14 heteroatoms. The molecule has 0 bridgehead atoms. The number of nitrogens with one attached hydrogen (secondary N) is 1. The first-order chi connectivity index (χ1) is 18.1. The molecule has 6 atom stereocenters. The van der Waals surface area contributed by atoms with E-state index in [0.717, 1.165) is 36.8 Å². The van der Waals surface area contributed by atoms with Crippen LogP contribution in [-0.4, -0.2) is 121 Å². The van der Waals surface area contributed by atoms with Crippen molar-refractivity contribution in [2.45, 2.75) is 36.8 Å². The molecule has 208 valence electrons. The van der Waals surface area contributed by atoms with Gasteiger partial charge in [0.1, 0.15) is 36.0 Å². The van der Waals surface area contributed by atoms with Crippen LogP contribution in [0.2, 0.25) is 0 Å². The molecule has 39 heavy (non-hydrogen) atoms. The molecule has 4 rings (SSSR count). The maximum Gasteiger partial charge on any atom is 2.00 e. The monoisotopic (exact) mass is 577 g/mol. The van der Waals surface area contributed by atoms with Crippen molar-refractivity contribution in [2.24, 2.45) is 5.92 Å². The van der Waals surface area contributed by atoms with Gasteiger partial charge in [-0.15, -0.1) is 0 Å². The van der Waals surface area contributed by atoms with Gasteiger partial charge >= 0.3 is 37.7 Å². The van der Waals surface area contributed by atoms with Crippen molar-refractivity contribution >= 4 is 49.7 Å². The molecule has 0 amide bonds. The van der Waals surface area contributed by atoms with Crippen molar-refractivity contribution in [2.75, 3.05) is 26.5 Å². The standard InChI is InChI=1S/C19H20FNO3.C6H10O8.Ca/c20-15-3-1-13(2-4-15)17-7-8-21-10-14(17)11-22-16-5-6-18-19(9-16)24-12-23-18;7-1(3(9)5(11)12)2(8)4(10)6(13)14;/h1-6,9,14,17,21H,7-8,10-12H2;1-4,7-10H,(H,11,12)(H,13,14);/q;;+2/p-2/t14-,17-;1-,2-,3-,4+;/m00./s1. The summed E-state index contributed by atoms with van der Waals surface area (Å²) in [5.41, 5.74) is 1.18. The summed E-state index contributed by atoms with van der Waals surface area (Å²) >= 11 is 0. The van der Waals surface area contributed by atoms with Crippen LogP contribution in [0.1, 0.15) is 17.9 Å². The molecule has 0 unspecified atom stereocenters. The maximum absolute atomic E-state index is 13.2. The molecule has 2 heterocycles. The molecule has 2 aromatic carbocycles. The van der Waals surface area contributed by atoms with E-state index in [9.17, 15) is 24.2 Å². The number of benzene rings is 2. The number of hydrogen-bond acceptors (Lipinski definition) is 12. The Morgan fingerprint density at radius 1 is 0.974 bits per heavy atom. The Morgan fingerprint density at radius 2 is 1.56 bits per heavy atom. The quantitative estimate of drug-likeness (QED) is 0.188. The molecule has 0 saturated carbocycles. The Kier molecular flexibility index (Phi) is 13.1. The van der Waals surface area contributed by atoms with Crippen LogP contribution in [0.3, 0.4) is 0 Å². The van der Waals surface area contributed by atoms with E-state index < -0.39 is 36.4 Å². The number of carbonyl (C=O) groups excluding carboxylic acids is 2. The summed E-state index contributed by atoms with van der Waals surface area (Å²) in [5, 5.41) is 58.2. The summed E-state index contributed by atoms with van der Waals surface area (Å²) in [4.78, 5) is 19.9. The first-order valence-electron chi connectivity index (χ1n) is 11.7. The largest absolute Gasteiger partial charge is 2.00 e. The molecular weight excluding hydrogens is 549 g/mol. The second-order valence-corrected chi connectivity index (χ2v) is 8.75. The number of rotatable bonds is 9. The van der Waals surface area contributed by atoms with Gasteiger partial charge in [0.25, 0.3) is 0 Å². The molecule has 2 aromatic rings. The van der Waals surface area contributed by atoms with E-state index in [1.165, 1.54) is 17.7 Å². The minimum Gasteiger partial charge on any atom is -0.547 e. The maximum atomic E-state index is 13.2. The van der Waals surface area contributed by atoms with Crippen LogP contribution in [-0.2, 0) is 9.59 Å². The van der Waals surface area contributed by atoms with Crippen molar-refractivity contribution in [3.63, 3.8) is 0 Å². The first kappa shape index (κ1) is 33.0. The van der Waals surface area contributed by atoms with Gasteiger partial charge in [-0.05, 0) is 48.7 Å². The van der Waals surface area contributed by atoms with E-state index in [1.54, 1.807) is 0 Å². The van der Waals surface area contributed by atoms with Gasteiger partial charge in [-0.2, -0.15) is 0 Å². The molecule has 0 aliphatic carbocycles. The number of aliphatic hydroxyl groups excluding tert-OH is 4. The van der Waals surface area contributed by atoms with Crippen LogP contribution in [0, 0.1) is 11.7 Å². The zero-order chi connectivity index (χ0) is 27.8. The van der Waals surface area contributed by atoms with Crippen LogP contribution >= 0.6 is 0 Å². The Balaban J connectivity index is 0.000000309. The molecule has 1 fully saturated rings. The smallest absolute Gasteiger partial charge is 0.547 e. The Labute approximate surface area is 252 Å². The van der Waals surface area contributed by atoms with Crippen molar-refractivity contribution in [1.82, 2.24) is 5.32 Å². The van der Waals surface area contributed by atoms with Crippen molar-refractivity contribution in [3.05, 3.63) is 53.8 Å². The van der Waals surface area contributed by atoms with Crippen molar-refractivity contribution in [3.8, 4) is 17.2 Å². The average molecular weight is 578 g/mol. The summed E-state index contributed by atoms with van der Waals surface area (Å²) in [6.07, 6.45) is -8.74. The number of aliphatic carboxylic acids is 2. The summed E-state index contributed by atoms with van der Waals surface area (Å²) in [6.45, 7) is 2.74. The van der Waals surface area contributed by atoms with Gasteiger partial charge in [-0.25, -0.2) is 4.39 Å². The summed E-state index contributed by atoms with van der Waals surface area (Å²) in [5.74, 6) is -1.43. The molecule has 0 radical (unpaired) electrons. The van der Waals surface area contributed by atoms with Crippen LogP contribution < -0.4 is 29.7 Å². The van der Waals surface area contributed by atoms with Crippen molar-refractivity contribution < 1.29 is 58.8 Å². The van der Waals surface area contributed by atoms with E-state index in [0.29, 0.717) is 18.4 Å². The third-order valence-electron chi connectivity index (χ3n) is 6.19. The number of piperidine rings is 1. The van der Waals surface area contributed by atoms with Gasteiger partial charge in [0.05, 0.1) is 18.5 Å². The van der Waals surface area contributed by atoms with Gasteiger partial charge < -0.3 is 59.8 Å². The Bertz CT molecular complexity index is 1070. The van der Waals surface area contributed by atoms with E-state index >= 15 is 0 Å². The normalized spacial score (nSPS) is 20.7. The number of aliphatic hydroxyl groups is 4. The second kappa shape index (κ2) is 15.5. The number of carboxylic acids is 2. The fourth-order valence-electron chi connectivity index (χ4n) is 4.07. The van der Waals surface area contributed by atoms with E-state index in [1.807, 2.05) is 30.3 Å². The van der Waals surface area contributed by atoms with Gasteiger partial charge in [0.15, 0.2) is 11.5 Å².